The van der Waals surface area contributed by atoms with Crippen LogP contribution in [0.4, 0.5) is 0 Å². The third-order valence-electron chi connectivity index (χ3n) is 4.07. The van der Waals surface area contributed by atoms with E-state index in [1.165, 1.54) is 24.3 Å². The Balaban J connectivity index is 2.04. The molecule has 138 valence electrons. The highest BCUT2D eigenvalue weighted by Gasteiger charge is 2.28. The van der Waals surface area contributed by atoms with Gasteiger partial charge in [-0.05, 0) is 43.0 Å². The highest BCUT2D eigenvalue weighted by molar-refractivity contribution is 7.89. The van der Waals surface area contributed by atoms with E-state index in [2.05, 4.69) is 10.0 Å². The molecule has 1 unspecified atom stereocenters. The highest BCUT2D eigenvalue weighted by atomic mass is 32.2. The zero-order valence-corrected chi connectivity index (χ0v) is 15.6. The predicted molar refractivity (Wildman–Crippen MR) is 94.6 cm³/mol. The number of benzene rings is 1. The normalized spacial score (nSPS) is 18.5. The van der Waals surface area contributed by atoms with Gasteiger partial charge in [0.25, 0.3) is 5.91 Å². The monoisotopic (exact) mass is 367 g/mol. The van der Waals surface area contributed by atoms with Crippen molar-refractivity contribution in [3.05, 3.63) is 29.8 Å². The van der Waals surface area contributed by atoms with Crippen molar-refractivity contribution in [3.8, 4) is 0 Å². The molecule has 2 amide bonds. The summed E-state index contributed by atoms with van der Waals surface area (Å²) in [7, 11) is -1.87. The lowest BCUT2D eigenvalue weighted by Crippen LogP contribution is -2.50. The molecule has 0 saturated carbocycles. The maximum Gasteiger partial charge on any atom is 0.251 e. The maximum atomic E-state index is 12.3. The van der Waals surface area contributed by atoms with Gasteiger partial charge in [0.1, 0.15) is 6.04 Å². The van der Waals surface area contributed by atoms with Gasteiger partial charge in [-0.3, -0.25) is 9.59 Å². The molecule has 1 aliphatic rings. The van der Waals surface area contributed by atoms with Crippen LogP contribution in [0.2, 0.25) is 0 Å². The first-order valence-corrected chi connectivity index (χ1v) is 9.84. The summed E-state index contributed by atoms with van der Waals surface area (Å²) in [6, 6.07) is 5.17. The summed E-state index contributed by atoms with van der Waals surface area (Å²) >= 11 is 0. The fourth-order valence-corrected chi connectivity index (χ4v) is 3.77. The van der Waals surface area contributed by atoms with Gasteiger partial charge >= 0.3 is 0 Å². The molecule has 0 radical (unpaired) electrons. The van der Waals surface area contributed by atoms with E-state index in [0.717, 1.165) is 6.42 Å². The molecular formula is C17H25N3O4S. The summed E-state index contributed by atoms with van der Waals surface area (Å²) in [4.78, 5) is 26.0. The van der Waals surface area contributed by atoms with E-state index in [9.17, 15) is 18.0 Å². The largest absolute Gasteiger partial charge is 0.344 e. The summed E-state index contributed by atoms with van der Waals surface area (Å²) in [5, 5.41) is 2.72. The molecule has 1 aliphatic heterocycles. The van der Waals surface area contributed by atoms with Crippen LogP contribution in [0.3, 0.4) is 0 Å². The van der Waals surface area contributed by atoms with Gasteiger partial charge in [0.2, 0.25) is 15.9 Å². The van der Waals surface area contributed by atoms with Crippen molar-refractivity contribution in [2.24, 2.45) is 5.92 Å². The Morgan fingerprint density at radius 3 is 2.52 bits per heavy atom. The van der Waals surface area contributed by atoms with E-state index in [0.29, 0.717) is 25.1 Å². The zero-order valence-electron chi connectivity index (χ0n) is 14.8. The van der Waals surface area contributed by atoms with Crippen molar-refractivity contribution in [2.75, 3.05) is 20.1 Å². The van der Waals surface area contributed by atoms with Crippen molar-refractivity contribution in [2.45, 2.75) is 37.6 Å². The molecule has 1 saturated heterocycles. The minimum Gasteiger partial charge on any atom is -0.344 e. The lowest BCUT2D eigenvalue weighted by atomic mass is 10.0. The SMILES string of the molecule is CC(C)CNS(=O)(=O)c1ccc(C(=O)NC2CCCN(C)C2=O)cc1. The van der Waals surface area contributed by atoms with E-state index >= 15 is 0 Å². The molecule has 0 spiro atoms. The number of nitrogens with zero attached hydrogens (tertiary/aromatic N) is 1. The average molecular weight is 367 g/mol. The Bertz CT molecular complexity index is 729. The molecule has 0 aliphatic carbocycles. The topological polar surface area (TPSA) is 95.6 Å². The third-order valence-corrected chi connectivity index (χ3v) is 5.51. The van der Waals surface area contributed by atoms with E-state index < -0.39 is 16.1 Å². The van der Waals surface area contributed by atoms with Crippen LogP contribution in [-0.2, 0) is 14.8 Å². The first-order chi connectivity index (χ1) is 11.7. The number of carbonyl (C=O) groups is 2. The number of amides is 2. The summed E-state index contributed by atoms with van der Waals surface area (Å²) in [6.07, 6.45) is 1.45. The molecule has 1 aromatic rings. The van der Waals surface area contributed by atoms with Gasteiger partial charge in [-0.1, -0.05) is 13.8 Å². The maximum absolute atomic E-state index is 12.3. The second-order valence-corrected chi connectivity index (χ2v) is 8.47. The molecule has 7 nitrogen and oxygen atoms in total. The van der Waals surface area contributed by atoms with E-state index in [1.807, 2.05) is 13.8 Å². The van der Waals surface area contributed by atoms with Crippen LogP contribution in [0.1, 0.15) is 37.0 Å². The lowest BCUT2D eigenvalue weighted by Gasteiger charge is -2.29. The molecule has 8 heteroatoms. The van der Waals surface area contributed by atoms with Crippen molar-refractivity contribution in [1.82, 2.24) is 14.9 Å². The Kier molecular flexibility index (Phi) is 6.18. The number of nitrogens with one attached hydrogen (secondary N) is 2. The number of hydrogen-bond acceptors (Lipinski definition) is 4. The van der Waals surface area contributed by atoms with Gasteiger partial charge in [-0.2, -0.15) is 0 Å². The minimum absolute atomic E-state index is 0.100. The molecule has 25 heavy (non-hydrogen) atoms. The van der Waals surface area contributed by atoms with Crippen LogP contribution in [0.25, 0.3) is 0 Å². The number of carbonyl (C=O) groups excluding carboxylic acids is 2. The molecule has 2 N–H and O–H groups in total. The number of likely N-dealkylation sites (tertiary alicyclic amines) is 1. The smallest absolute Gasteiger partial charge is 0.251 e. The number of likely N-dealkylation sites (N-methyl/N-ethyl adjacent to an activating group) is 1. The molecule has 1 aromatic carbocycles. The van der Waals surface area contributed by atoms with Gasteiger partial charge < -0.3 is 10.2 Å². The second-order valence-electron chi connectivity index (χ2n) is 6.70. The van der Waals surface area contributed by atoms with Gasteiger partial charge in [-0.15, -0.1) is 0 Å². The molecule has 0 aromatic heterocycles. The molecule has 1 atom stereocenters. The predicted octanol–water partition coefficient (Wildman–Crippen LogP) is 0.972. The molecular weight excluding hydrogens is 342 g/mol. The summed E-state index contributed by atoms with van der Waals surface area (Å²) < 4.78 is 26.8. The van der Waals surface area contributed by atoms with Crippen molar-refractivity contribution in [3.63, 3.8) is 0 Å². The van der Waals surface area contributed by atoms with Crippen molar-refractivity contribution in [1.29, 1.82) is 0 Å². The Morgan fingerprint density at radius 1 is 1.28 bits per heavy atom. The van der Waals surface area contributed by atoms with Crippen LogP contribution < -0.4 is 10.0 Å². The van der Waals surface area contributed by atoms with Gasteiger partial charge in [0.15, 0.2) is 0 Å². The average Bonchev–Trinajstić information content (AvgIpc) is 2.57. The van der Waals surface area contributed by atoms with E-state index in [4.69, 9.17) is 0 Å². The molecule has 1 heterocycles. The molecule has 1 fully saturated rings. The Labute approximate surface area is 148 Å². The molecule has 0 bridgehead atoms. The van der Waals surface area contributed by atoms with Crippen LogP contribution in [0.15, 0.2) is 29.2 Å². The van der Waals surface area contributed by atoms with Gasteiger partial charge in [0, 0.05) is 25.7 Å². The van der Waals surface area contributed by atoms with Crippen molar-refractivity contribution >= 4 is 21.8 Å². The lowest BCUT2D eigenvalue weighted by molar-refractivity contribution is -0.134. The number of rotatable bonds is 6. The van der Waals surface area contributed by atoms with Gasteiger partial charge in [-0.25, -0.2) is 13.1 Å². The minimum atomic E-state index is -3.58. The van der Waals surface area contributed by atoms with Crippen LogP contribution >= 0.6 is 0 Å². The first kappa shape index (κ1) is 19.4. The van der Waals surface area contributed by atoms with Crippen LogP contribution in [0, 0.1) is 5.92 Å². The van der Waals surface area contributed by atoms with Crippen LogP contribution in [0.5, 0.6) is 0 Å². The Morgan fingerprint density at radius 2 is 1.92 bits per heavy atom. The number of sulfonamides is 1. The zero-order chi connectivity index (χ0) is 18.6. The fraction of sp³-hybridized carbons (Fsp3) is 0.529. The first-order valence-electron chi connectivity index (χ1n) is 8.36. The number of hydrogen-bond donors (Lipinski definition) is 2. The summed E-state index contributed by atoms with van der Waals surface area (Å²) in [5.41, 5.74) is 0.323. The second kappa shape index (κ2) is 7.97. The highest BCUT2D eigenvalue weighted by Crippen LogP contribution is 2.13. The third kappa shape index (κ3) is 5.02. The van der Waals surface area contributed by atoms with Crippen molar-refractivity contribution < 1.29 is 18.0 Å². The number of piperidine rings is 1. The van der Waals surface area contributed by atoms with E-state index in [-0.39, 0.29) is 22.6 Å². The fourth-order valence-electron chi connectivity index (χ4n) is 2.55. The molecule has 2 rings (SSSR count). The standard InChI is InChI=1S/C17H25N3O4S/c1-12(2)11-18-25(23,24)14-8-6-13(7-9-14)16(21)19-15-5-4-10-20(3)17(15)22/h6-9,12,15,18H,4-5,10-11H2,1-3H3,(H,19,21). The van der Waals surface area contributed by atoms with E-state index in [1.54, 1.807) is 11.9 Å². The quantitative estimate of drug-likeness (QED) is 0.783. The van der Waals surface area contributed by atoms with Crippen LogP contribution in [-0.4, -0.2) is 51.3 Å². The summed E-state index contributed by atoms with van der Waals surface area (Å²) in [6.45, 7) is 4.88. The Hall–Kier alpha value is -1.93. The van der Waals surface area contributed by atoms with Gasteiger partial charge in [0.05, 0.1) is 4.90 Å². The summed E-state index contributed by atoms with van der Waals surface area (Å²) in [5.74, 6) is -0.282.